The molecule has 19 heavy (non-hydrogen) atoms. The van der Waals surface area contributed by atoms with Crippen LogP contribution in [0, 0.1) is 0 Å². The summed E-state index contributed by atoms with van der Waals surface area (Å²) in [5, 5.41) is 4.01. The van der Waals surface area contributed by atoms with Crippen molar-refractivity contribution in [3.8, 4) is 0 Å². The molecule has 2 rings (SSSR count). The highest BCUT2D eigenvalue weighted by Gasteiger charge is 2.15. The zero-order chi connectivity index (χ0) is 13.8. The first-order valence-electron chi connectivity index (χ1n) is 6.02. The molecule has 1 fully saturated rings. The van der Waals surface area contributed by atoms with Crippen molar-refractivity contribution >= 4 is 11.6 Å². The summed E-state index contributed by atoms with van der Waals surface area (Å²) in [6.45, 7) is 2.71. The molecule has 104 valence electrons. The standard InChI is InChI=1S/C11H17N5O3/c12-9(11(13)18)7-16-10(17)5-8(6-14-16)15-1-3-19-4-2-15/h5-6,9H,1-4,7,12H2,(H2,13,18). The maximum absolute atomic E-state index is 11.9. The number of anilines is 1. The molecule has 1 aliphatic rings. The summed E-state index contributed by atoms with van der Waals surface area (Å²) >= 11 is 0. The highest BCUT2D eigenvalue weighted by atomic mass is 16.5. The first-order chi connectivity index (χ1) is 9.08. The van der Waals surface area contributed by atoms with Crippen LogP contribution in [0.1, 0.15) is 0 Å². The molecule has 0 saturated carbocycles. The van der Waals surface area contributed by atoms with Crippen LogP contribution in [-0.2, 0) is 16.1 Å². The molecule has 0 aromatic carbocycles. The molecule has 8 heteroatoms. The normalized spacial score (nSPS) is 17.2. The fourth-order valence-corrected chi connectivity index (χ4v) is 1.83. The molecular weight excluding hydrogens is 250 g/mol. The summed E-state index contributed by atoms with van der Waals surface area (Å²) in [6.07, 6.45) is 1.58. The second-order valence-corrected chi connectivity index (χ2v) is 4.34. The monoisotopic (exact) mass is 267 g/mol. The summed E-state index contributed by atoms with van der Waals surface area (Å²) in [6, 6.07) is 0.561. The van der Waals surface area contributed by atoms with Gasteiger partial charge in [0, 0.05) is 19.2 Å². The van der Waals surface area contributed by atoms with Crippen LogP contribution in [0.2, 0.25) is 0 Å². The lowest BCUT2D eigenvalue weighted by Gasteiger charge is -2.28. The van der Waals surface area contributed by atoms with Gasteiger partial charge in [0.15, 0.2) is 0 Å². The Morgan fingerprint density at radius 1 is 1.47 bits per heavy atom. The highest BCUT2D eigenvalue weighted by Crippen LogP contribution is 2.11. The van der Waals surface area contributed by atoms with Gasteiger partial charge in [0.1, 0.15) is 6.04 Å². The van der Waals surface area contributed by atoms with Gasteiger partial charge >= 0.3 is 0 Å². The van der Waals surface area contributed by atoms with Gasteiger partial charge in [-0.25, -0.2) is 4.68 Å². The van der Waals surface area contributed by atoms with Crippen LogP contribution < -0.4 is 21.9 Å². The SMILES string of the molecule is NC(=O)C(N)Cn1ncc(N2CCOCC2)cc1=O. The van der Waals surface area contributed by atoms with E-state index in [0.717, 1.165) is 23.5 Å². The van der Waals surface area contributed by atoms with Crippen molar-refractivity contribution in [2.45, 2.75) is 12.6 Å². The predicted octanol–water partition coefficient (Wildman–Crippen LogP) is -2.11. The minimum atomic E-state index is -0.917. The number of morpholine rings is 1. The number of hydrogen-bond acceptors (Lipinski definition) is 6. The van der Waals surface area contributed by atoms with Gasteiger partial charge < -0.3 is 21.1 Å². The smallest absolute Gasteiger partial charge is 0.268 e. The zero-order valence-electron chi connectivity index (χ0n) is 10.5. The van der Waals surface area contributed by atoms with Gasteiger partial charge in [-0.3, -0.25) is 9.59 Å². The Morgan fingerprint density at radius 3 is 2.74 bits per heavy atom. The van der Waals surface area contributed by atoms with Crippen molar-refractivity contribution in [1.29, 1.82) is 0 Å². The van der Waals surface area contributed by atoms with Crippen molar-refractivity contribution in [2.75, 3.05) is 31.2 Å². The average molecular weight is 267 g/mol. The number of carbonyl (C=O) groups excluding carboxylic acids is 1. The van der Waals surface area contributed by atoms with Gasteiger partial charge in [0.05, 0.1) is 31.6 Å². The van der Waals surface area contributed by atoms with Crippen molar-refractivity contribution in [1.82, 2.24) is 9.78 Å². The Balaban J connectivity index is 2.12. The Morgan fingerprint density at radius 2 is 2.16 bits per heavy atom. The molecule has 0 aliphatic carbocycles. The largest absolute Gasteiger partial charge is 0.378 e. The molecular formula is C11H17N5O3. The van der Waals surface area contributed by atoms with Gasteiger partial charge in [-0.05, 0) is 0 Å². The van der Waals surface area contributed by atoms with Gasteiger partial charge in [0.2, 0.25) is 5.91 Å². The average Bonchev–Trinajstić information content (AvgIpc) is 2.41. The van der Waals surface area contributed by atoms with E-state index in [9.17, 15) is 9.59 Å². The Hall–Kier alpha value is -1.93. The Bertz CT molecular complexity index is 509. The lowest BCUT2D eigenvalue weighted by Crippen LogP contribution is -2.43. The van der Waals surface area contributed by atoms with Crippen molar-refractivity contribution < 1.29 is 9.53 Å². The van der Waals surface area contributed by atoms with Crippen LogP contribution in [0.15, 0.2) is 17.1 Å². The third-order valence-electron chi connectivity index (χ3n) is 2.97. The topological polar surface area (TPSA) is 116 Å². The number of hydrogen-bond donors (Lipinski definition) is 2. The third kappa shape index (κ3) is 3.30. The number of amides is 1. The molecule has 1 aliphatic heterocycles. The van der Waals surface area contributed by atoms with Gasteiger partial charge in [-0.2, -0.15) is 5.10 Å². The molecule has 0 spiro atoms. The molecule has 1 aromatic heterocycles. The number of nitrogens with two attached hydrogens (primary N) is 2. The van der Waals surface area contributed by atoms with Crippen molar-refractivity contribution in [3.63, 3.8) is 0 Å². The summed E-state index contributed by atoms with van der Waals surface area (Å²) in [5.74, 6) is -0.661. The van der Waals surface area contributed by atoms with Crippen LogP contribution in [0.25, 0.3) is 0 Å². The maximum Gasteiger partial charge on any atom is 0.268 e. The van der Waals surface area contributed by atoms with E-state index >= 15 is 0 Å². The first-order valence-corrected chi connectivity index (χ1v) is 6.02. The molecule has 1 unspecified atom stereocenters. The number of aromatic nitrogens is 2. The second kappa shape index (κ2) is 5.81. The number of primary amides is 1. The third-order valence-corrected chi connectivity index (χ3v) is 2.97. The zero-order valence-corrected chi connectivity index (χ0v) is 10.5. The van der Waals surface area contributed by atoms with E-state index in [4.69, 9.17) is 16.2 Å². The second-order valence-electron chi connectivity index (χ2n) is 4.34. The van der Waals surface area contributed by atoms with E-state index in [1.165, 1.54) is 6.07 Å². The first kappa shape index (κ1) is 13.5. The Kier molecular flexibility index (Phi) is 4.13. The molecule has 2 heterocycles. The maximum atomic E-state index is 11.9. The van der Waals surface area contributed by atoms with Gasteiger partial charge in [0.25, 0.3) is 5.56 Å². The summed E-state index contributed by atoms with van der Waals surface area (Å²) in [7, 11) is 0. The van der Waals surface area contributed by atoms with Crippen molar-refractivity contribution in [3.05, 3.63) is 22.6 Å². The lowest BCUT2D eigenvalue weighted by atomic mass is 10.3. The predicted molar refractivity (Wildman–Crippen MR) is 68.7 cm³/mol. The van der Waals surface area contributed by atoms with E-state index in [1.54, 1.807) is 6.20 Å². The molecule has 4 N–H and O–H groups in total. The van der Waals surface area contributed by atoms with E-state index in [-0.39, 0.29) is 12.1 Å². The summed E-state index contributed by atoms with van der Waals surface area (Å²) < 4.78 is 6.38. The number of rotatable bonds is 4. The number of nitrogens with zero attached hydrogens (tertiary/aromatic N) is 3. The van der Waals surface area contributed by atoms with Gasteiger partial charge in [-0.15, -0.1) is 0 Å². The molecule has 0 radical (unpaired) electrons. The summed E-state index contributed by atoms with van der Waals surface area (Å²) in [4.78, 5) is 24.8. The molecule has 1 amide bonds. The van der Waals surface area contributed by atoms with Gasteiger partial charge in [-0.1, -0.05) is 0 Å². The van der Waals surface area contributed by atoms with Crippen LogP contribution >= 0.6 is 0 Å². The summed E-state index contributed by atoms with van der Waals surface area (Å²) in [5.41, 5.74) is 11.0. The van der Waals surface area contributed by atoms with Crippen LogP contribution in [0.3, 0.4) is 0 Å². The number of carbonyl (C=O) groups is 1. The van der Waals surface area contributed by atoms with Crippen molar-refractivity contribution in [2.24, 2.45) is 11.5 Å². The fraction of sp³-hybridized carbons (Fsp3) is 0.545. The van der Waals surface area contributed by atoms with Crippen LogP contribution in [-0.4, -0.2) is 48.0 Å². The molecule has 0 bridgehead atoms. The minimum absolute atomic E-state index is 0.0163. The van der Waals surface area contributed by atoms with E-state index in [0.29, 0.717) is 13.2 Å². The minimum Gasteiger partial charge on any atom is -0.378 e. The highest BCUT2D eigenvalue weighted by molar-refractivity contribution is 5.79. The van der Waals surface area contributed by atoms with E-state index in [1.807, 2.05) is 4.90 Å². The quantitative estimate of drug-likeness (QED) is 0.645. The molecule has 1 aromatic rings. The van der Waals surface area contributed by atoms with E-state index < -0.39 is 11.9 Å². The van der Waals surface area contributed by atoms with E-state index in [2.05, 4.69) is 5.10 Å². The fourth-order valence-electron chi connectivity index (χ4n) is 1.83. The molecule has 1 atom stereocenters. The molecule has 8 nitrogen and oxygen atoms in total. The number of ether oxygens (including phenoxy) is 1. The lowest BCUT2D eigenvalue weighted by molar-refractivity contribution is -0.119. The molecule has 1 saturated heterocycles. The Labute approximate surface area is 109 Å². The van der Waals surface area contributed by atoms with Crippen LogP contribution in [0.5, 0.6) is 0 Å². The van der Waals surface area contributed by atoms with Crippen LogP contribution in [0.4, 0.5) is 5.69 Å².